The average Bonchev–Trinajstić information content (AvgIpc) is 3.34. The highest BCUT2D eigenvalue weighted by Gasteiger charge is 2.31. The normalized spacial score (nSPS) is 17.1. The number of carbonyl (C=O) groups excluding carboxylic acids is 1. The quantitative estimate of drug-likeness (QED) is 0.401. The highest BCUT2D eigenvalue weighted by molar-refractivity contribution is 7.89. The van der Waals surface area contributed by atoms with Crippen molar-refractivity contribution in [3.63, 3.8) is 0 Å². The molecule has 1 amide bonds. The predicted molar refractivity (Wildman–Crippen MR) is 146 cm³/mol. The fraction of sp³-hybridized carbons (Fsp3) is 0.483. The number of rotatable bonds is 8. The second-order valence-electron chi connectivity index (χ2n) is 10.5. The molecule has 8 nitrogen and oxygen atoms in total. The van der Waals surface area contributed by atoms with Crippen molar-refractivity contribution in [2.24, 2.45) is 5.92 Å². The van der Waals surface area contributed by atoms with Crippen molar-refractivity contribution in [2.75, 3.05) is 46.4 Å². The van der Waals surface area contributed by atoms with Gasteiger partial charge in [-0.1, -0.05) is 12.1 Å². The minimum absolute atomic E-state index is 0.264. The first-order valence-electron chi connectivity index (χ1n) is 13.6. The third kappa shape index (κ3) is 5.97. The molecule has 0 saturated carbocycles. The topological polar surface area (TPSA) is 83.3 Å². The van der Waals surface area contributed by atoms with Crippen LogP contribution in [0.15, 0.2) is 52.0 Å². The molecule has 3 heterocycles. The molecule has 3 aromatic rings. The van der Waals surface area contributed by atoms with Crippen molar-refractivity contribution in [3.8, 4) is 0 Å². The molecular formula is C29H36FN3O5S. The molecule has 210 valence electrons. The Balaban J connectivity index is 1.16. The lowest BCUT2D eigenvalue weighted by Gasteiger charge is -2.34. The predicted octanol–water partition coefficient (Wildman–Crippen LogP) is 4.66. The summed E-state index contributed by atoms with van der Waals surface area (Å²) in [5, 5.41) is 0.827. The maximum atomic E-state index is 13.7. The summed E-state index contributed by atoms with van der Waals surface area (Å²) in [5.41, 5.74) is 3.36. The molecule has 0 spiro atoms. The lowest BCUT2D eigenvalue weighted by atomic mass is 9.96. The van der Waals surface area contributed by atoms with Gasteiger partial charge in [0, 0.05) is 38.6 Å². The molecule has 0 aliphatic carbocycles. The summed E-state index contributed by atoms with van der Waals surface area (Å²) in [5.74, 6) is 0.0171. The van der Waals surface area contributed by atoms with Gasteiger partial charge < -0.3 is 19.0 Å². The molecule has 0 radical (unpaired) electrons. The Morgan fingerprint density at radius 1 is 1.18 bits per heavy atom. The maximum absolute atomic E-state index is 13.7. The number of carbonyl (C=O) groups is 1. The molecule has 5 rings (SSSR count). The van der Waals surface area contributed by atoms with E-state index >= 15 is 0 Å². The van der Waals surface area contributed by atoms with E-state index in [0.717, 1.165) is 61.0 Å². The van der Waals surface area contributed by atoms with E-state index in [4.69, 9.17) is 9.15 Å². The van der Waals surface area contributed by atoms with Gasteiger partial charge in [-0.3, -0.25) is 0 Å². The fourth-order valence-corrected chi connectivity index (χ4v) is 7.27. The summed E-state index contributed by atoms with van der Waals surface area (Å²) >= 11 is 0. The second kappa shape index (κ2) is 11.7. The molecule has 0 N–H and O–H groups in total. The number of amides is 1. The zero-order chi connectivity index (χ0) is 27.6. The molecular weight excluding hydrogens is 521 g/mol. The number of furan rings is 1. The minimum atomic E-state index is -3.66. The first kappa shape index (κ1) is 27.6. The van der Waals surface area contributed by atoms with E-state index in [1.165, 1.54) is 16.4 Å². The van der Waals surface area contributed by atoms with Crippen LogP contribution in [0.3, 0.4) is 0 Å². The molecule has 0 bridgehead atoms. The van der Waals surface area contributed by atoms with Gasteiger partial charge in [-0.15, -0.1) is 0 Å². The van der Waals surface area contributed by atoms with Crippen LogP contribution in [0.25, 0.3) is 11.0 Å². The fourth-order valence-electron chi connectivity index (χ4n) is 5.74. The summed E-state index contributed by atoms with van der Waals surface area (Å²) in [6, 6.07) is 9.91. The van der Waals surface area contributed by atoms with Crippen LogP contribution in [0.4, 0.5) is 9.18 Å². The number of fused-ring (bicyclic) bond motifs is 2. The zero-order valence-electron chi connectivity index (χ0n) is 22.6. The van der Waals surface area contributed by atoms with Crippen LogP contribution in [0, 0.1) is 11.7 Å². The van der Waals surface area contributed by atoms with Crippen LogP contribution in [0.1, 0.15) is 36.5 Å². The number of likely N-dealkylation sites (tertiary alicyclic amines) is 1. The molecule has 2 aromatic carbocycles. The van der Waals surface area contributed by atoms with Gasteiger partial charge in [0.15, 0.2) is 0 Å². The molecule has 0 unspecified atom stereocenters. The van der Waals surface area contributed by atoms with Gasteiger partial charge in [0.2, 0.25) is 10.0 Å². The Labute approximate surface area is 229 Å². The molecule has 1 fully saturated rings. The molecule has 1 saturated heterocycles. The van der Waals surface area contributed by atoms with Crippen molar-refractivity contribution in [1.82, 2.24) is 14.1 Å². The van der Waals surface area contributed by atoms with Gasteiger partial charge in [-0.05, 0) is 92.6 Å². The second-order valence-corrected chi connectivity index (χ2v) is 12.5. The highest BCUT2D eigenvalue weighted by Crippen LogP contribution is 2.30. The number of piperidine rings is 1. The Hall–Kier alpha value is -2.95. The lowest BCUT2D eigenvalue weighted by molar-refractivity contribution is 0.102. The third-order valence-electron chi connectivity index (χ3n) is 7.97. The summed E-state index contributed by atoms with van der Waals surface area (Å²) in [6.07, 6.45) is 4.44. The Bertz CT molecular complexity index is 1430. The van der Waals surface area contributed by atoms with Crippen molar-refractivity contribution in [2.45, 2.75) is 44.0 Å². The maximum Gasteiger partial charge on any atom is 0.410 e. The summed E-state index contributed by atoms with van der Waals surface area (Å²) in [4.78, 5) is 16.5. The third-order valence-corrected chi connectivity index (χ3v) is 9.88. The first-order valence-corrected chi connectivity index (χ1v) is 15.1. The number of benzene rings is 2. The largest absolute Gasteiger partial charge is 0.464 e. The van der Waals surface area contributed by atoms with E-state index in [1.54, 1.807) is 43.3 Å². The van der Waals surface area contributed by atoms with Gasteiger partial charge in [0.25, 0.3) is 0 Å². The van der Waals surface area contributed by atoms with Crippen LogP contribution in [0.2, 0.25) is 0 Å². The van der Waals surface area contributed by atoms with E-state index in [9.17, 15) is 17.6 Å². The van der Waals surface area contributed by atoms with Crippen LogP contribution < -0.4 is 0 Å². The van der Waals surface area contributed by atoms with Gasteiger partial charge in [0.05, 0.1) is 17.8 Å². The Morgan fingerprint density at radius 2 is 1.97 bits per heavy atom. The van der Waals surface area contributed by atoms with Crippen LogP contribution in [-0.4, -0.2) is 75.0 Å². The smallest absolute Gasteiger partial charge is 0.410 e. The summed E-state index contributed by atoms with van der Waals surface area (Å²) < 4.78 is 53.0. The lowest BCUT2D eigenvalue weighted by Crippen LogP contribution is -2.41. The van der Waals surface area contributed by atoms with Crippen LogP contribution >= 0.6 is 0 Å². The molecule has 10 heteroatoms. The average molecular weight is 558 g/mol. The van der Waals surface area contributed by atoms with Crippen LogP contribution in [0.5, 0.6) is 0 Å². The van der Waals surface area contributed by atoms with E-state index < -0.39 is 10.0 Å². The SMILES string of the molecule is CCOC(=O)N1CCc2c(cccc2S(=O)(=O)N(C)CC2CCN(CCc3coc4ccc(F)cc34)CC2)C1. The van der Waals surface area contributed by atoms with E-state index in [0.29, 0.717) is 43.1 Å². The Morgan fingerprint density at radius 3 is 2.74 bits per heavy atom. The number of nitrogens with zero attached hydrogens (tertiary/aromatic N) is 3. The van der Waals surface area contributed by atoms with Crippen molar-refractivity contribution in [3.05, 3.63) is 65.2 Å². The number of sulfonamides is 1. The molecule has 2 aliphatic heterocycles. The zero-order valence-corrected chi connectivity index (χ0v) is 23.4. The molecule has 2 aliphatic rings. The monoisotopic (exact) mass is 557 g/mol. The Kier molecular flexibility index (Phi) is 8.25. The first-order chi connectivity index (χ1) is 18.8. The van der Waals surface area contributed by atoms with Gasteiger partial charge >= 0.3 is 6.09 Å². The molecule has 39 heavy (non-hydrogen) atoms. The summed E-state index contributed by atoms with van der Waals surface area (Å²) in [6.45, 7) is 5.98. The van der Waals surface area contributed by atoms with E-state index in [2.05, 4.69) is 4.90 Å². The van der Waals surface area contributed by atoms with E-state index in [-0.39, 0.29) is 17.8 Å². The van der Waals surface area contributed by atoms with Gasteiger partial charge in [0.1, 0.15) is 11.4 Å². The highest BCUT2D eigenvalue weighted by atomic mass is 32.2. The van der Waals surface area contributed by atoms with Gasteiger partial charge in [-0.25, -0.2) is 21.9 Å². The minimum Gasteiger partial charge on any atom is -0.464 e. The number of hydrogen-bond donors (Lipinski definition) is 0. The van der Waals surface area contributed by atoms with E-state index in [1.807, 2.05) is 6.07 Å². The van der Waals surface area contributed by atoms with Crippen LogP contribution in [-0.2, 0) is 34.1 Å². The van der Waals surface area contributed by atoms with Gasteiger partial charge in [-0.2, -0.15) is 0 Å². The number of hydrogen-bond acceptors (Lipinski definition) is 6. The summed E-state index contributed by atoms with van der Waals surface area (Å²) in [7, 11) is -2.00. The standard InChI is InChI=1S/C29H36FN3O5S/c1-3-37-29(34)33-16-12-25-22(19-33)5-4-6-28(25)39(35,36)31(2)18-21-9-13-32(14-10-21)15-11-23-20-38-27-8-7-24(30)17-26(23)27/h4-8,17,20-21H,3,9-16,18-19H2,1-2H3. The van der Waals surface area contributed by atoms with Crippen molar-refractivity contribution < 1.29 is 26.8 Å². The van der Waals surface area contributed by atoms with Crippen molar-refractivity contribution in [1.29, 1.82) is 0 Å². The van der Waals surface area contributed by atoms with Crippen molar-refractivity contribution >= 4 is 27.1 Å². The number of halogens is 1. The molecule has 1 aromatic heterocycles. The number of ether oxygens (including phenoxy) is 1. The molecule has 0 atom stereocenters.